The Kier molecular flexibility index (Phi) is 4.79. The van der Waals surface area contributed by atoms with Crippen molar-refractivity contribution >= 4 is 11.7 Å². The molecule has 3 heteroatoms. The second kappa shape index (κ2) is 5.89. The first-order chi connectivity index (χ1) is 7.19. The molecule has 0 aliphatic carbocycles. The average Bonchev–Trinajstić information content (AvgIpc) is 2.52. The predicted molar refractivity (Wildman–Crippen MR) is 59.6 cm³/mol. The number of amides is 1. The van der Waals surface area contributed by atoms with Gasteiger partial charge in [-0.1, -0.05) is 33.1 Å². The lowest BCUT2D eigenvalue weighted by Crippen LogP contribution is -2.36. The molecule has 1 aliphatic heterocycles. The first kappa shape index (κ1) is 12.2. The van der Waals surface area contributed by atoms with E-state index in [-0.39, 0.29) is 18.1 Å². The molecule has 0 saturated carbocycles. The number of Topliss-reactive ketones (excluding diaryl/α,β-unsaturated/α-hetero) is 1. The summed E-state index contributed by atoms with van der Waals surface area (Å²) in [5.74, 6) is 0.118. The highest BCUT2D eigenvalue weighted by Gasteiger charge is 2.31. The largest absolute Gasteiger partial charge is 0.332 e. The lowest BCUT2D eigenvalue weighted by molar-refractivity contribution is -0.130. The summed E-state index contributed by atoms with van der Waals surface area (Å²) in [6.07, 6.45) is 5.57. The number of likely N-dealkylation sites (tertiary alicyclic amines) is 1. The van der Waals surface area contributed by atoms with Crippen LogP contribution in [0.4, 0.5) is 0 Å². The second-order valence-corrected chi connectivity index (χ2v) is 4.32. The van der Waals surface area contributed by atoms with E-state index >= 15 is 0 Å². The Labute approximate surface area is 91.8 Å². The van der Waals surface area contributed by atoms with Crippen LogP contribution >= 0.6 is 0 Å². The van der Waals surface area contributed by atoms with E-state index in [2.05, 4.69) is 13.8 Å². The third kappa shape index (κ3) is 3.33. The monoisotopic (exact) mass is 211 g/mol. The molecular weight excluding hydrogens is 190 g/mol. The van der Waals surface area contributed by atoms with Gasteiger partial charge in [-0.25, -0.2) is 0 Å². The van der Waals surface area contributed by atoms with Gasteiger partial charge in [0.25, 0.3) is 0 Å². The van der Waals surface area contributed by atoms with Gasteiger partial charge < -0.3 is 4.90 Å². The van der Waals surface area contributed by atoms with Gasteiger partial charge in [-0.2, -0.15) is 0 Å². The molecule has 3 nitrogen and oxygen atoms in total. The Bertz CT molecular complexity index is 238. The fraction of sp³-hybridized carbons (Fsp3) is 0.833. The van der Waals surface area contributed by atoms with Crippen molar-refractivity contribution in [2.24, 2.45) is 0 Å². The zero-order valence-electron chi connectivity index (χ0n) is 9.79. The van der Waals surface area contributed by atoms with Crippen molar-refractivity contribution in [3.63, 3.8) is 0 Å². The Morgan fingerprint density at radius 3 is 2.40 bits per heavy atom. The van der Waals surface area contributed by atoms with Gasteiger partial charge in [0.15, 0.2) is 5.78 Å². The third-order valence-corrected chi connectivity index (χ3v) is 2.97. The minimum atomic E-state index is 0.0366. The highest BCUT2D eigenvalue weighted by atomic mass is 16.2. The summed E-state index contributed by atoms with van der Waals surface area (Å²) in [7, 11) is 0. The van der Waals surface area contributed by atoms with Gasteiger partial charge in [-0.15, -0.1) is 0 Å². The van der Waals surface area contributed by atoms with Crippen LogP contribution in [0.1, 0.15) is 52.4 Å². The van der Waals surface area contributed by atoms with Crippen LogP contribution in [0.3, 0.4) is 0 Å². The molecular formula is C12H21NO2. The van der Waals surface area contributed by atoms with Crippen molar-refractivity contribution in [1.29, 1.82) is 0 Å². The summed E-state index contributed by atoms with van der Waals surface area (Å²) in [4.78, 5) is 24.5. The molecule has 1 fully saturated rings. The SMILES string of the molecule is CCCCC(CCC)N1CC(=O)CC1=O. The molecule has 1 atom stereocenters. The molecule has 1 saturated heterocycles. The average molecular weight is 211 g/mol. The maximum absolute atomic E-state index is 11.6. The molecule has 0 aromatic carbocycles. The summed E-state index contributed by atoms with van der Waals surface area (Å²) < 4.78 is 0. The van der Waals surface area contributed by atoms with E-state index in [0.717, 1.165) is 32.1 Å². The van der Waals surface area contributed by atoms with Crippen molar-refractivity contribution in [1.82, 2.24) is 4.90 Å². The molecule has 86 valence electrons. The van der Waals surface area contributed by atoms with E-state index in [1.165, 1.54) is 0 Å². The molecule has 15 heavy (non-hydrogen) atoms. The van der Waals surface area contributed by atoms with E-state index in [0.29, 0.717) is 12.6 Å². The van der Waals surface area contributed by atoms with Crippen LogP contribution in [0.15, 0.2) is 0 Å². The van der Waals surface area contributed by atoms with Gasteiger partial charge in [0, 0.05) is 6.04 Å². The Hall–Kier alpha value is -0.860. The van der Waals surface area contributed by atoms with Crippen LogP contribution in [-0.2, 0) is 9.59 Å². The first-order valence-corrected chi connectivity index (χ1v) is 6.00. The molecule has 0 spiro atoms. The van der Waals surface area contributed by atoms with Crippen molar-refractivity contribution in [2.45, 2.75) is 58.4 Å². The minimum Gasteiger partial charge on any atom is -0.332 e. The normalized spacial score (nSPS) is 18.7. The fourth-order valence-corrected chi connectivity index (χ4v) is 2.17. The van der Waals surface area contributed by atoms with Gasteiger partial charge in [-0.3, -0.25) is 9.59 Å². The van der Waals surface area contributed by atoms with Gasteiger partial charge in [-0.05, 0) is 12.8 Å². The van der Waals surface area contributed by atoms with Crippen LogP contribution in [0.25, 0.3) is 0 Å². The first-order valence-electron chi connectivity index (χ1n) is 6.00. The molecule has 0 N–H and O–H groups in total. The molecule has 1 rings (SSSR count). The number of carbonyl (C=O) groups excluding carboxylic acids is 2. The number of hydrogen-bond donors (Lipinski definition) is 0. The smallest absolute Gasteiger partial charge is 0.230 e. The number of ketones is 1. The lowest BCUT2D eigenvalue weighted by atomic mass is 10.0. The van der Waals surface area contributed by atoms with Gasteiger partial charge in [0.05, 0.1) is 13.0 Å². The van der Waals surface area contributed by atoms with Crippen LogP contribution in [0.2, 0.25) is 0 Å². The third-order valence-electron chi connectivity index (χ3n) is 2.97. The molecule has 1 heterocycles. The lowest BCUT2D eigenvalue weighted by Gasteiger charge is -2.26. The standard InChI is InChI=1S/C12H21NO2/c1-3-5-7-10(6-4-2)13-9-11(14)8-12(13)15/h10H,3-9H2,1-2H3. The summed E-state index contributed by atoms with van der Waals surface area (Å²) in [5.41, 5.74) is 0. The van der Waals surface area contributed by atoms with Gasteiger partial charge in [0.2, 0.25) is 5.91 Å². The number of carbonyl (C=O) groups is 2. The number of hydrogen-bond acceptors (Lipinski definition) is 2. The van der Waals surface area contributed by atoms with E-state index in [9.17, 15) is 9.59 Å². The van der Waals surface area contributed by atoms with Crippen molar-refractivity contribution < 1.29 is 9.59 Å². The van der Waals surface area contributed by atoms with Crippen molar-refractivity contribution in [3.05, 3.63) is 0 Å². The Morgan fingerprint density at radius 1 is 1.20 bits per heavy atom. The number of nitrogens with zero attached hydrogens (tertiary/aromatic N) is 1. The quantitative estimate of drug-likeness (QED) is 0.631. The molecule has 1 amide bonds. The highest BCUT2D eigenvalue weighted by molar-refractivity contribution is 6.05. The molecule has 0 bridgehead atoms. The highest BCUT2D eigenvalue weighted by Crippen LogP contribution is 2.19. The molecule has 0 aromatic rings. The summed E-state index contributed by atoms with van der Waals surface area (Å²) in [5, 5.41) is 0. The number of unbranched alkanes of at least 4 members (excludes halogenated alkanes) is 1. The van der Waals surface area contributed by atoms with Crippen molar-refractivity contribution in [3.8, 4) is 0 Å². The second-order valence-electron chi connectivity index (χ2n) is 4.32. The van der Waals surface area contributed by atoms with Crippen LogP contribution < -0.4 is 0 Å². The van der Waals surface area contributed by atoms with E-state index in [1.54, 1.807) is 4.90 Å². The summed E-state index contributed by atoms with van der Waals surface area (Å²) >= 11 is 0. The van der Waals surface area contributed by atoms with Crippen molar-refractivity contribution in [2.75, 3.05) is 6.54 Å². The summed E-state index contributed by atoms with van der Waals surface area (Å²) in [6, 6.07) is 0.300. The zero-order chi connectivity index (χ0) is 11.3. The van der Waals surface area contributed by atoms with Gasteiger partial charge in [0.1, 0.15) is 0 Å². The zero-order valence-corrected chi connectivity index (χ0v) is 9.79. The molecule has 0 aromatic heterocycles. The minimum absolute atomic E-state index is 0.0366. The topological polar surface area (TPSA) is 37.4 Å². The predicted octanol–water partition coefficient (Wildman–Crippen LogP) is 2.15. The molecule has 1 unspecified atom stereocenters. The maximum atomic E-state index is 11.6. The Morgan fingerprint density at radius 2 is 1.93 bits per heavy atom. The maximum Gasteiger partial charge on any atom is 0.230 e. The van der Waals surface area contributed by atoms with E-state index in [4.69, 9.17) is 0 Å². The fourth-order valence-electron chi connectivity index (χ4n) is 2.17. The van der Waals surface area contributed by atoms with E-state index < -0.39 is 0 Å². The van der Waals surface area contributed by atoms with E-state index in [1.807, 2.05) is 0 Å². The Balaban J connectivity index is 2.54. The van der Waals surface area contributed by atoms with Crippen LogP contribution in [0, 0.1) is 0 Å². The summed E-state index contributed by atoms with van der Waals surface area (Å²) in [6.45, 7) is 4.63. The molecule has 0 radical (unpaired) electrons. The van der Waals surface area contributed by atoms with Crippen LogP contribution in [-0.4, -0.2) is 29.2 Å². The molecule has 1 aliphatic rings. The van der Waals surface area contributed by atoms with Gasteiger partial charge >= 0.3 is 0 Å². The van der Waals surface area contributed by atoms with Crippen LogP contribution in [0.5, 0.6) is 0 Å². The number of rotatable bonds is 6.